The number of nitrogens with zero attached hydrogens (tertiary/aromatic N) is 2. The zero-order valence-electron chi connectivity index (χ0n) is 12.6. The summed E-state index contributed by atoms with van der Waals surface area (Å²) in [4.78, 5) is 12.9. The van der Waals surface area contributed by atoms with Crippen LogP contribution in [0.25, 0.3) is 0 Å². The van der Waals surface area contributed by atoms with E-state index in [1.807, 2.05) is 6.07 Å². The first kappa shape index (κ1) is 15.6. The van der Waals surface area contributed by atoms with Crippen LogP contribution < -0.4 is 15.4 Å². The van der Waals surface area contributed by atoms with Gasteiger partial charge in [-0.25, -0.2) is 0 Å². The van der Waals surface area contributed by atoms with E-state index in [1.54, 1.807) is 6.07 Å². The van der Waals surface area contributed by atoms with Gasteiger partial charge in [-0.15, -0.1) is 0 Å². The van der Waals surface area contributed by atoms with E-state index in [9.17, 15) is 10.1 Å². The van der Waals surface area contributed by atoms with Gasteiger partial charge >= 0.3 is 0 Å². The second-order valence-corrected chi connectivity index (χ2v) is 5.50. The average molecular weight is 293 g/mol. The minimum Gasteiger partial charge on any atom is -0.496 e. The number of benzene rings is 1. The molecule has 21 heavy (non-hydrogen) atoms. The molecule has 6 heteroatoms. The van der Waals surface area contributed by atoms with Gasteiger partial charge in [0.15, 0.2) is 0 Å². The van der Waals surface area contributed by atoms with E-state index in [2.05, 4.69) is 11.8 Å². The minimum absolute atomic E-state index is 0.0651. The summed E-state index contributed by atoms with van der Waals surface area (Å²) in [6.07, 6.45) is 4.07. The molecule has 1 aromatic rings. The lowest BCUT2D eigenvalue weighted by Gasteiger charge is -2.37. The summed E-state index contributed by atoms with van der Waals surface area (Å²) in [5.74, 6) is 0.519. The number of non-ortho nitro benzene ring substituents is 1. The molecule has 1 aromatic carbocycles. The van der Waals surface area contributed by atoms with Gasteiger partial charge in [0, 0.05) is 36.4 Å². The summed E-state index contributed by atoms with van der Waals surface area (Å²) < 4.78 is 5.19. The Kier molecular flexibility index (Phi) is 5.01. The van der Waals surface area contributed by atoms with E-state index >= 15 is 0 Å². The molecule has 2 N–H and O–H groups in total. The van der Waals surface area contributed by atoms with Crippen molar-refractivity contribution < 1.29 is 9.66 Å². The van der Waals surface area contributed by atoms with Gasteiger partial charge in [-0.3, -0.25) is 10.1 Å². The molecule has 0 atom stereocenters. The predicted molar refractivity (Wildman–Crippen MR) is 82.9 cm³/mol. The number of hydrogen-bond acceptors (Lipinski definition) is 5. The quantitative estimate of drug-likeness (QED) is 0.666. The second-order valence-electron chi connectivity index (χ2n) is 5.50. The lowest BCUT2D eigenvalue weighted by Crippen LogP contribution is -2.41. The fourth-order valence-corrected chi connectivity index (χ4v) is 3.02. The van der Waals surface area contributed by atoms with E-state index in [4.69, 9.17) is 10.5 Å². The van der Waals surface area contributed by atoms with Crippen molar-refractivity contribution in [2.45, 2.75) is 44.7 Å². The fourth-order valence-electron chi connectivity index (χ4n) is 3.02. The zero-order chi connectivity index (χ0) is 15.4. The highest BCUT2D eigenvalue weighted by molar-refractivity contribution is 5.58. The van der Waals surface area contributed by atoms with Crippen LogP contribution in [0.15, 0.2) is 18.2 Å². The Morgan fingerprint density at radius 2 is 2.00 bits per heavy atom. The van der Waals surface area contributed by atoms with Crippen molar-refractivity contribution in [3.8, 4) is 5.75 Å². The Balaban J connectivity index is 2.28. The molecule has 0 aliphatic heterocycles. The normalized spacial score (nSPS) is 21.9. The SMILES string of the molecule is CCN(c1cc(OC)cc([N+](=O)[O-])c1)C1CCC(N)CC1. The molecule has 0 heterocycles. The summed E-state index contributed by atoms with van der Waals surface area (Å²) >= 11 is 0. The van der Waals surface area contributed by atoms with Gasteiger partial charge in [0.2, 0.25) is 0 Å². The van der Waals surface area contributed by atoms with Gasteiger partial charge < -0.3 is 15.4 Å². The van der Waals surface area contributed by atoms with Crippen LogP contribution in [-0.4, -0.2) is 30.7 Å². The third kappa shape index (κ3) is 3.64. The fraction of sp³-hybridized carbons (Fsp3) is 0.600. The zero-order valence-corrected chi connectivity index (χ0v) is 12.6. The van der Waals surface area contributed by atoms with Crippen LogP contribution in [0.4, 0.5) is 11.4 Å². The van der Waals surface area contributed by atoms with Gasteiger partial charge in [-0.1, -0.05) is 0 Å². The number of rotatable bonds is 5. The van der Waals surface area contributed by atoms with E-state index in [0.29, 0.717) is 17.8 Å². The minimum atomic E-state index is -0.378. The summed E-state index contributed by atoms with van der Waals surface area (Å²) in [7, 11) is 1.53. The lowest BCUT2D eigenvalue weighted by molar-refractivity contribution is -0.384. The van der Waals surface area contributed by atoms with Crippen molar-refractivity contribution in [2.24, 2.45) is 5.73 Å². The molecule has 0 bridgehead atoms. The van der Waals surface area contributed by atoms with E-state index in [1.165, 1.54) is 13.2 Å². The van der Waals surface area contributed by atoms with Gasteiger partial charge in [-0.05, 0) is 32.6 Å². The topological polar surface area (TPSA) is 81.6 Å². The summed E-state index contributed by atoms with van der Waals surface area (Å²) in [5.41, 5.74) is 6.87. The number of anilines is 1. The third-order valence-electron chi connectivity index (χ3n) is 4.18. The lowest BCUT2D eigenvalue weighted by atomic mass is 9.90. The van der Waals surface area contributed by atoms with Crippen molar-refractivity contribution >= 4 is 11.4 Å². The number of hydrogen-bond donors (Lipinski definition) is 1. The smallest absolute Gasteiger partial charge is 0.275 e. The van der Waals surface area contributed by atoms with E-state index < -0.39 is 0 Å². The van der Waals surface area contributed by atoms with Crippen LogP contribution in [0.1, 0.15) is 32.6 Å². The molecule has 0 amide bonds. The molecule has 6 nitrogen and oxygen atoms in total. The van der Waals surface area contributed by atoms with E-state index in [0.717, 1.165) is 37.9 Å². The molecule has 0 saturated heterocycles. The average Bonchev–Trinajstić information content (AvgIpc) is 2.49. The Morgan fingerprint density at radius 3 is 2.52 bits per heavy atom. The van der Waals surface area contributed by atoms with Crippen molar-refractivity contribution in [2.75, 3.05) is 18.6 Å². The van der Waals surface area contributed by atoms with Crippen molar-refractivity contribution in [3.05, 3.63) is 28.3 Å². The first-order chi connectivity index (χ1) is 10.0. The molecule has 0 aromatic heterocycles. The first-order valence-electron chi connectivity index (χ1n) is 7.40. The molecule has 1 aliphatic carbocycles. The van der Waals surface area contributed by atoms with Crippen LogP contribution >= 0.6 is 0 Å². The molecule has 1 fully saturated rings. The number of nitro benzene ring substituents is 1. The molecule has 2 rings (SSSR count). The molecule has 1 saturated carbocycles. The molecule has 116 valence electrons. The van der Waals surface area contributed by atoms with Crippen molar-refractivity contribution in [1.82, 2.24) is 0 Å². The molecule has 0 unspecified atom stereocenters. The van der Waals surface area contributed by atoms with E-state index in [-0.39, 0.29) is 10.6 Å². The molecule has 0 spiro atoms. The predicted octanol–water partition coefficient (Wildman–Crippen LogP) is 2.70. The van der Waals surface area contributed by atoms with Crippen molar-refractivity contribution in [3.63, 3.8) is 0 Å². The highest BCUT2D eigenvalue weighted by Crippen LogP contribution is 2.32. The van der Waals surface area contributed by atoms with Crippen LogP contribution in [0.2, 0.25) is 0 Å². The molecule has 0 radical (unpaired) electrons. The number of ether oxygens (including phenoxy) is 1. The maximum Gasteiger partial charge on any atom is 0.275 e. The number of nitrogens with two attached hydrogens (primary N) is 1. The number of nitro groups is 1. The third-order valence-corrected chi connectivity index (χ3v) is 4.18. The van der Waals surface area contributed by atoms with Crippen LogP contribution in [0, 0.1) is 10.1 Å². The van der Waals surface area contributed by atoms with Crippen LogP contribution in [0.3, 0.4) is 0 Å². The number of methoxy groups -OCH3 is 1. The Morgan fingerprint density at radius 1 is 1.33 bits per heavy atom. The van der Waals surface area contributed by atoms with Crippen LogP contribution in [-0.2, 0) is 0 Å². The molecular formula is C15H23N3O3. The Hall–Kier alpha value is -1.82. The first-order valence-corrected chi connectivity index (χ1v) is 7.40. The summed E-state index contributed by atoms with van der Waals surface area (Å²) in [5, 5.41) is 11.1. The van der Waals surface area contributed by atoms with Gasteiger partial charge in [0.05, 0.1) is 18.1 Å². The van der Waals surface area contributed by atoms with Gasteiger partial charge in [0.1, 0.15) is 5.75 Å². The van der Waals surface area contributed by atoms with Gasteiger partial charge in [0.25, 0.3) is 5.69 Å². The largest absolute Gasteiger partial charge is 0.496 e. The second kappa shape index (κ2) is 6.76. The molecular weight excluding hydrogens is 270 g/mol. The highest BCUT2D eigenvalue weighted by atomic mass is 16.6. The summed E-state index contributed by atoms with van der Waals surface area (Å²) in [6.45, 7) is 2.88. The van der Waals surface area contributed by atoms with Crippen molar-refractivity contribution in [1.29, 1.82) is 0 Å². The standard InChI is InChI=1S/C15H23N3O3/c1-3-17(12-6-4-11(16)5-7-12)13-8-14(18(19)20)10-15(9-13)21-2/h8-12H,3-7,16H2,1-2H3. The van der Waals surface area contributed by atoms with Crippen LogP contribution in [0.5, 0.6) is 5.75 Å². The monoisotopic (exact) mass is 293 g/mol. The maximum atomic E-state index is 11.1. The molecule has 1 aliphatic rings. The van der Waals surface area contributed by atoms with Gasteiger partial charge in [-0.2, -0.15) is 0 Å². The Bertz CT molecular complexity index is 499. The Labute approximate surface area is 125 Å². The summed E-state index contributed by atoms with van der Waals surface area (Å²) in [6, 6.07) is 5.63. The highest BCUT2D eigenvalue weighted by Gasteiger charge is 2.25. The maximum absolute atomic E-state index is 11.1.